The fourth-order valence-electron chi connectivity index (χ4n) is 2.45. The average Bonchev–Trinajstić information content (AvgIpc) is 2.47. The Morgan fingerprint density at radius 2 is 1.90 bits per heavy atom. The molecule has 1 aliphatic rings. The summed E-state index contributed by atoms with van der Waals surface area (Å²) in [7, 11) is 0. The Kier molecular flexibility index (Phi) is 4.53. The minimum absolute atomic E-state index is 0.0694. The topological polar surface area (TPSA) is 55.6 Å². The number of hydrogen-bond acceptors (Lipinski definition) is 3. The van der Waals surface area contributed by atoms with Gasteiger partial charge in [0.25, 0.3) is 5.91 Å². The second kappa shape index (κ2) is 6.16. The quantitative estimate of drug-likeness (QED) is 0.860. The fraction of sp³-hybridized carbons (Fsp3) is 0.562. The molecule has 2 N–H and O–H groups in total. The van der Waals surface area contributed by atoms with Crippen LogP contribution in [0.15, 0.2) is 24.3 Å². The maximum atomic E-state index is 12.1. The molecule has 1 saturated heterocycles. The van der Waals surface area contributed by atoms with Gasteiger partial charge in [0.15, 0.2) is 6.61 Å². The normalized spacial score (nSPS) is 17.8. The molecule has 0 atom stereocenters. The van der Waals surface area contributed by atoms with E-state index in [2.05, 4.69) is 13.8 Å². The van der Waals surface area contributed by atoms with Crippen molar-refractivity contribution in [2.45, 2.75) is 33.1 Å². The summed E-state index contributed by atoms with van der Waals surface area (Å²) in [6.07, 6.45) is 3.34. The number of nitrogens with zero attached hydrogens (tertiary/aromatic N) is 1. The highest BCUT2D eigenvalue weighted by Gasteiger charge is 2.30. The zero-order valence-electron chi connectivity index (χ0n) is 12.4. The Morgan fingerprint density at radius 1 is 1.30 bits per heavy atom. The van der Waals surface area contributed by atoms with Gasteiger partial charge in [0.1, 0.15) is 5.75 Å². The molecule has 20 heavy (non-hydrogen) atoms. The van der Waals surface area contributed by atoms with Crippen molar-refractivity contribution in [3.05, 3.63) is 24.3 Å². The maximum absolute atomic E-state index is 12.1. The van der Waals surface area contributed by atoms with Crippen LogP contribution in [-0.2, 0) is 4.79 Å². The van der Waals surface area contributed by atoms with Crippen LogP contribution in [0.1, 0.15) is 33.1 Å². The molecular formula is C16H24N2O2. The van der Waals surface area contributed by atoms with Gasteiger partial charge in [0.05, 0.1) is 0 Å². The predicted octanol–water partition coefficient (Wildman–Crippen LogP) is 2.69. The van der Waals surface area contributed by atoms with E-state index in [0.717, 1.165) is 25.9 Å². The summed E-state index contributed by atoms with van der Waals surface area (Å²) in [6, 6.07) is 7.11. The minimum Gasteiger partial charge on any atom is -0.484 e. The summed E-state index contributed by atoms with van der Waals surface area (Å²) in [5.74, 6) is 0.753. The molecule has 1 fully saturated rings. The first kappa shape index (κ1) is 14.7. The first-order chi connectivity index (χ1) is 9.52. The zero-order valence-corrected chi connectivity index (χ0v) is 12.4. The molecule has 110 valence electrons. The third kappa shape index (κ3) is 3.65. The van der Waals surface area contributed by atoms with E-state index in [-0.39, 0.29) is 12.5 Å². The highest BCUT2D eigenvalue weighted by Crippen LogP contribution is 2.33. The number of nitrogens with two attached hydrogens (primary N) is 1. The third-order valence-corrected chi connectivity index (χ3v) is 4.42. The molecule has 0 aromatic heterocycles. The van der Waals surface area contributed by atoms with Crippen molar-refractivity contribution in [1.29, 1.82) is 0 Å². The van der Waals surface area contributed by atoms with Crippen molar-refractivity contribution >= 4 is 11.6 Å². The Bertz CT molecular complexity index is 448. The number of rotatable bonds is 4. The molecule has 0 bridgehead atoms. The van der Waals surface area contributed by atoms with Crippen LogP contribution in [0.5, 0.6) is 5.75 Å². The van der Waals surface area contributed by atoms with Gasteiger partial charge in [0.2, 0.25) is 0 Å². The Balaban J connectivity index is 1.80. The number of nitrogen functional groups attached to an aromatic ring is 1. The summed E-state index contributed by atoms with van der Waals surface area (Å²) < 4.78 is 5.51. The van der Waals surface area contributed by atoms with Crippen molar-refractivity contribution in [3.8, 4) is 5.75 Å². The Labute approximate surface area is 120 Å². The molecule has 1 amide bonds. The van der Waals surface area contributed by atoms with E-state index in [1.54, 1.807) is 24.3 Å². The van der Waals surface area contributed by atoms with Crippen LogP contribution in [0, 0.1) is 5.41 Å². The van der Waals surface area contributed by atoms with E-state index in [0.29, 0.717) is 16.9 Å². The van der Waals surface area contributed by atoms with Gasteiger partial charge in [-0.3, -0.25) is 4.79 Å². The van der Waals surface area contributed by atoms with Gasteiger partial charge in [-0.15, -0.1) is 0 Å². The summed E-state index contributed by atoms with van der Waals surface area (Å²) in [4.78, 5) is 14.0. The van der Waals surface area contributed by atoms with E-state index in [9.17, 15) is 4.79 Å². The van der Waals surface area contributed by atoms with Crippen LogP contribution in [-0.4, -0.2) is 30.5 Å². The van der Waals surface area contributed by atoms with Crippen molar-refractivity contribution in [2.75, 3.05) is 25.4 Å². The number of ether oxygens (including phenoxy) is 1. The summed E-state index contributed by atoms with van der Waals surface area (Å²) >= 11 is 0. The number of anilines is 1. The highest BCUT2D eigenvalue weighted by molar-refractivity contribution is 5.77. The highest BCUT2D eigenvalue weighted by atomic mass is 16.5. The molecule has 4 nitrogen and oxygen atoms in total. The molecule has 1 aromatic carbocycles. The average molecular weight is 276 g/mol. The van der Waals surface area contributed by atoms with E-state index in [4.69, 9.17) is 10.5 Å². The lowest BCUT2D eigenvalue weighted by Crippen LogP contribution is -2.43. The van der Waals surface area contributed by atoms with E-state index < -0.39 is 0 Å². The third-order valence-electron chi connectivity index (χ3n) is 4.42. The zero-order chi connectivity index (χ0) is 14.6. The lowest BCUT2D eigenvalue weighted by molar-refractivity contribution is -0.135. The molecule has 1 aromatic rings. The summed E-state index contributed by atoms with van der Waals surface area (Å²) in [5, 5.41) is 0. The Hall–Kier alpha value is -1.71. The van der Waals surface area contributed by atoms with Crippen LogP contribution in [0.4, 0.5) is 5.69 Å². The SMILES string of the molecule is CCC1(C)CCN(C(=O)COc2ccc(N)cc2)CC1. The van der Waals surface area contributed by atoms with Gasteiger partial charge in [-0.05, 0) is 42.5 Å². The predicted molar refractivity (Wildman–Crippen MR) is 80.6 cm³/mol. The number of piperidine rings is 1. The van der Waals surface area contributed by atoms with E-state index in [1.807, 2.05) is 4.90 Å². The minimum atomic E-state index is 0.0694. The number of carbonyl (C=O) groups excluding carboxylic acids is 1. The lowest BCUT2D eigenvalue weighted by atomic mass is 9.78. The van der Waals surface area contributed by atoms with Gasteiger partial charge in [-0.25, -0.2) is 0 Å². The maximum Gasteiger partial charge on any atom is 0.260 e. The van der Waals surface area contributed by atoms with Crippen molar-refractivity contribution in [1.82, 2.24) is 4.90 Å². The fourth-order valence-corrected chi connectivity index (χ4v) is 2.45. The standard InChI is InChI=1S/C16H24N2O2/c1-3-16(2)8-10-18(11-9-16)15(19)12-20-14-6-4-13(17)5-7-14/h4-7H,3,8-12,17H2,1-2H3. The second-order valence-corrected chi connectivity index (χ2v) is 5.90. The van der Waals surface area contributed by atoms with Crippen molar-refractivity contribution < 1.29 is 9.53 Å². The van der Waals surface area contributed by atoms with Crippen LogP contribution in [0.3, 0.4) is 0 Å². The lowest BCUT2D eigenvalue weighted by Gasteiger charge is -2.38. The smallest absolute Gasteiger partial charge is 0.260 e. The number of benzene rings is 1. The number of amides is 1. The first-order valence-electron chi connectivity index (χ1n) is 7.28. The largest absolute Gasteiger partial charge is 0.484 e. The van der Waals surface area contributed by atoms with Crippen LogP contribution < -0.4 is 10.5 Å². The molecule has 0 radical (unpaired) electrons. The van der Waals surface area contributed by atoms with Crippen LogP contribution in [0.25, 0.3) is 0 Å². The van der Waals surface area contributed by atoms with Gasteiger partial charge < -0.3 is 15.4 Å². The van der Waals surface area contributed by atoms with Crippen LogP contribution in [0.2, 0.25) is 0 Å². The molecule has 0 spiro atoms. The number of hydrogen-bond donors (Lipinski definition) is 1. The van der Waals surface area contributed by atoms with Crippen molar-refractivity contribution in [3.63, 3.8) is 0 Å². The Morgan fingerprint density at radius 3 is 2.45 bits per heavy atom. The van der Waals surface area contributed by atoms with Crippen molar-refractivity contribution in [2.24, 2.45) is 5.41 Å². The van der Waals surface area contributed by atoms with E-state index >= 15 is 0 Å². The van der Waals surface area contributed by atoms with Gasteiger partial charge in [-0.1, -0.05) is 20.3 Å². The van der Waals surface area contributed by atoms with E-state index in [1.165, 1.54) is 6.42 Å². The molecule has 0 saturated carbocycles. The van der Waals surface area contributed by atoms with Gasteiger partial charge >= 0.3 is 0 Å². The first-order valence-corrected chi connectivity index (χ1v) is 7.28. The number of likely N-dealkylation sites (tertiary alicyclic amines) is 1. The number of carbonyl (C=O) groups is 1. The molecule has 1 aliphatic heterocycles. The van der Waals surface area contributed by atoms with Gasteiger partial charge in [0, 0.05) is 18.8 Å². The monoisotopic (exact) mass is 276 g/mol. The summed E-state index contributed by atoms with van der Waals surface area (Å²) in [5.41, 5.74) is 6.70. The summed E-state index contributed by atoms with van der Waals surface area (Å²) in [6.45, 7) is 6.32. The van der Waals surface area contributed by atoms with Crippen LogP contribution >= 0.6 is 0 Å². The molecule has 0 aliphatic carbocycles. The molecule has 4 heteroatoms. The second-order valence-electron chi connectivity index (χ2n) is 5.90. The molecule has 0 unspecified atom stereocenters. The van der Waals surface area contributed by atoms with Gasteiger partial charge in [-0.2, -0.15) is 0 Å². The molecule has 2 rings (SSSR count). The molecule has 1 heterocycles. The molecular weight excluding hydrogens is 252 g/mol.